The third kappa shape index (κ3) is 2.62. The van der Waals surface area contributed by atoms with Crippen LogP contribution in [0.1, 0.15) is 32.6 Å². The summed E-state index contributed by atoms with van der Waals surface area (Å²) in [4.78, 5) is 17.8. The van der Waals surface area contributed by atoms with E-state index in [1.54, 1.807) is 12.5 Å². The van der Waals surface area contributed by atoms with Crippen molar-refractivity contribution >= 4 is 5.91 Å². The maximum atomic E-state index is 11.9. The van der Waals surface area contributed by atoms with Crippen molar-refractivity contribution in [1.29, 1.82) is 0 Å². The lowest BCUT2D eigenvalue weighted by Crippen LogP contribution is -2.39. The van der Waals surface area contributed by atoms with E-state index in [1.165, 1.54) is 12.8 Å². The lowest BCUT2D eigenvalue weighted by molar-refractivity contribution is -0.137. The predicted molar refractivity (Wildman–Crippen MR) is 61.6 cm³/mol. The average Bonchev–Trinajstić information content (AvgIpc) is 2.75. The molecule has 2 rings (SSSR count). The van der Waals surface area contributed by atoms with Gasteiger partial charge in [-0.15, -0.1) is 0 Å². The summed E-state index contributed by atoms with van der Waals surface area (Å²) in [5.74, 6) is 0.898. The second-order valence-electron chi connectivity index (χ2n) is 4.52. The summed E-state index contributed by atoms with van der Waals surface area (Å²) in [6.45, 7) is 3.72. The molecular formula is C12H19N3O. The van der Waals surface area contributed by atoms with Crippen LogP contribution in [0, 0.1) is 5.92 Å². The first kappa shape index (κ1) is 11.2. The van der Waals surface area contributed by atoms with Gasteiger partial charge in [-0.2, -0.15) is 0 Å². The van der Waals surface area contributed by atoms with Crippen molar-refractivity contribution in [3.63, 3.8) is 0 Å². The van der Waals surface area contributed by atoms with Gasteiger partial charge in [0.05, 0.1) is 13.0 Å². The number of hydrogen-bond acceptors (Lipinski definition) is 2. The van der Waals surface area contributed by atoms with Crippen molar-refractivity contribution < 1.29 is 4.79 Å². The van der Waals surface area contributed by atoms with Gasteiger partial charge in [0.25, 0.3) is 0 Å². The van der Waals surface area contributed by atoms with Crippen LogP contribution in [-0.4, -0.2) is 26.9 Å². The van der Waals surface area contributed by atoms with E-state index < -0.39 is 0 Å². The molecule has 4 heteroatoms. The summed E-state index contributed by atoms with van der Waals surface area (Å²) in [7, 11) is 0. The summed E-state index contributed by atoms with van der Waals surface area (Å²) in [5.41, 5.74) is 0. The Balaban J connectivity index is 1.87. The molecule has 1 aromatic rings. The fourth-order valence-electron chi connectivity index (χ4n) is 2.31. The highest BCUT2D eigenvalue weighted by Gasteiger charge is 2.24. The minimum Gasteiger partial charge on any atom is -0.325 e. The first-order valence-electron chi connectivity index (χ1n) is 6.03. The number of aromatic nitrogens is 2. The van der Waals surface area contributed by atoms with Crippen LogP contribution in [0.15, 0.2) is 18.7 Å². The molecule has 88 valence electrons. The average molecular weight is 221 g/mol. The number of carbonyl (C=O) groups excluding carboxylic acids is 1. The van der Waals surface area contributed by atoms with Gasteiger partial charge in [-0.25, -0.2) is 4.98 Å². The molecule has 1 fully saturated rings. The van der Waals surface area contributed by atoms with Gasteiger partial charge in [-0.3, -0.25) is 4.79 Å². The second-order valence-corrected chi connectivity index (χ2v) is 4.52. The quantitative estimate of drug-likeness (QED) is 0.778. The number of hydrogen-bond donors (Lipinski definition) is 0. The van der Waals surface area contributed by atoms with Crippen molar-refractivity contribution in [2.24, 2.45) is 5.92 Å². The third-order valence-electron chi connectivity index (χ3n) is 3.21. The van der Waals surface area contributed by atoms with E-state index in [0.29, 0.717) is 18.5 Å². The predicted octanol–water partition coefficient (Wildman–Crippen LogP) is 1.88. The van der Waals surface area contributed by atoms with Gasteiger partial charge in [0, 0.05) is 25.4 Å². The second kappa shape index (κ2) is 5.14. The molecule has 16 heavy (non-hydrogen) atoms. The minimum absolute atomic E-state index is 0.290. The van der Waals surface area contributed by atoms with Gasteiger partial charge >= 0.3 is 0 Å². The van der Waals surface area contributed by atoms with Gasteiger partial charge in [-0.05, 0) is 12.3 Å². The Morgan fingerprint density at radius 3 is 3.06 bits per heavy atom. The van der Waals surface area contributed by atoms with Gasteiger partial charge in [0.2, 0.25) is 5.91 Å². The van der Waals surface area contributed by atoms with Crippen LogP contribution in [0.25, 0.3) is 0 Å². The molecular weight excluding hydrogens is 202 g/mol. The lowest BCUT2D eigenvalue weighted by atomic mass is 9.92. The number of rotatable bonds is 4. The van der Waals surface area contributed by atoms with Crippen LogP contribution in [0.2, 0.25) is 0 Å². The minimum atomic E-state index is 0.290. The maximum Gasteiger partial charge on any atom is 0.224 e. The first-order valence-corrected chi connectivity index (χ1v) is 6.03. The molecule has 1 unspecified atom stereocenters. The molecule has 0 N–H and O–H groups in total. The van der Waals surface area contributed by atoms with E-state index in [-0.39, 0.29) is 0 Å². The summed E-state index contributed by atoms with van der Waals surface area (Å²) < 4.78 is 1.94. The Labute approximate surface area is 96.3 Å². The summed E-state index contributed by atoms with van der Waals surface area (Å²) in [6.07, 6.45) is 9.63. The summed E-state index contributed by atoms with van der Waals surface area (Å²) in [5, 5.41) is 0. The highest BCUT2D eigenvalue weighted by molar-refractivity contribution is 5.76. The molecule has 0 bridgehead atoms. The number of amides is 1. The van der Waals surface area contributed by atoms with Gasteiger partial charge < -0.3 is 9.47 Å². The number of likely N-dealkylation sites (tertiary alicyclic amines) is 1. The molecule has 0 spiro atoms. The van der Waals surface area contributed by atoms with E-state index in [9.17, 15) is 4.79 Å². The molecule has 1 aliphatic heterocycles. The fourth-order valence-corrected chi connectivity index (χ4v) is 2.31. The monoisotopic (exact) mass is 221 g/mol. The zero-order valence-corrected chi connectivity index (χ0v) is 9.80. The Morgan fingerprint density at radius 1 is 1.56 bits per heavy atom. The molecule has 1 aromatic heterocycles. The van der Waals surface area contributed by atoms with E-state index in [2.05, 4.69) is 11.9 Å². The molecule has 1 amide bonds. The topological polar surface area (TPSA) is 38.1 Å². The van der Waals surface area contributed by atoms with Crippen molar-refractivity contribution in [2.45, 2.75) is 39.3 Å². The highest BCUT2D eigenvalue weighted by atomic mass is 16.2. The Morgan fingerprint density at radius 2 is 2.44 bits per heavy atom. The molecule has 0 aromatic carbocycles. The standard InChI is InChI=1S/C12H19N3O/c1-2-3-11-4-6-15(12(16)8-11)10-14-7-5-13-9-14/h5,7,9,11H,2-4,6,8,10H2,1H3. The molecule has 4 nitrogen and oxygen atoms in total. The van der Waals surface area contributed by atoms with Crippen LogP contribution in [0.5, 0.6) is 0 Å². The van der Waals surface area contributed by atoms with E-state index >= 15 is 0 Å². The lowest BCUT2D eigenvalue weighted by Gasteiger charge is -2.31. The van der Waals surface area contributed by atoms with Crippen LogP contribution >= 0.6 is 0 Å². The Bertz CT molecular complexity index is 334. The van der Waals surface area contributed by atoms with Crippen molar-refractivity contribution in [1.82, 2.24) is 14.5 Å². The fraction of sp³-hybridized carbons (Fsp3) is 0.667. The Hall–Kier alpha value is -1.32. The zero-order valence-electron chi connectivity index (χ0n) is 9.80. The number of nitrogens with zero attached hydrogens (tertiary/aromatic N) is 3. The molecule has 1 saturated heterocycles. The molecule has 0 saturated carbocycles. The molecule has 0 radical (unpaired) electrons. The van der Waals surface area contributed by atoms with E-state index in [1.807, 2.05) is 15.7 Å². The number of carbonyl (C=O) groups is 1. The molecule has 1 aliphatic rings. The Kier molecular flexibility index (Phi) is 3.59. The largest absolute Gasteiger partial charge is 0.325 e. The first-order chi connectivity index (χ1) is 7.79. The van der Waals surface area contributed by atoms with Crippen molar-refractivity contribution in [2.75, 3.05) is 6.54 Å². The van der Waals surface area contributed by atoms with Crippen LogP contribution in [0.4, 0.5) is 0 Å². The summed E-state index contributed by atoms with van der Waals surface area (Å²) >= 11 is 0. The SMILES string of the molecule is CCCC1CCN(Cn2ccnc2)C(=O)C1. The van der Waals surface area contributed by atoms with Gasteiger partial charge in [-0.1, -0.05) is 19.8 Å². The van der Waals surface area contributed by atoms with Crippen LogP contribution in [-0.2, 0) is 11.5 Å². The maximum absolute atomic E-state index is 11.9. The van der Waals surface area contributed by atoms with Crippen molar-refractivity contribution in [3.05, 3.63) is 18.7 Å². The molecule has 0 aliphatic carbocycles. The van der Waals surface area contributed by atoms with Crippen molar-refractivity contribution in [3.8, 4) is 0 Å². The van der Waals surface area contributed by atoms with Gasteiger partial charge in [0.1, 0.15) is 0 Å². The van der Waals surface area contributed by atoms with E-state index in [4.69, 9.17) is 0 Å². The smallest absolute Gasteiger partial charge is 0.224 e. The molecule has 2 heterocycles. The van der Waals surface area contributed by atoms with Gasteiger partial charge in [0.15, 0.2) is 0 Å². The normalized spacial score (nSPS) is 21.4. The van der Waals surface area contributed by atoms with Crippen LogP contribution in [0.3, 0.4) is 0 Å². The van der Waals surface area contributed by atoms with Crippen LogP contribution < -0.4 is 0 Å². The summed E-state index contributed by atoms with van der Waals surface area (Å²) in [6, 6.07) is 0. The third-order valence-corrected chi connectivity index (χ3v) is 3.21. The number of imidazole rings is 1. The highest BCUT2D eigenvalue weighted by Crippen LogP contribution is 2.22. The zero-order chi connectivity index (χ0) is 11.4. The number of piperidine rings is 1. The van der Waals surface area contributed by atoms with E-state index in [0.717, 1.165) is 19.4 Å². The molecule has 1 atom stereocenters.